The molecule has 1 aromatic heterocycles. The molecule has 19 heavy (non-hydrogen) atoms. The smallest absolute Gasteiger partial charge is 0.265 e. The van der Waals surface area contributed by atoms with E-state index in [0.717, 1.165) is 0 Å². The summed E-state index contributed by atoms with van der Waals surface area (Å²) in [6.45, 7) is 0.218. The molecular weight excluding hydrogens is 355 g/mol. The van der Waals surface area contributed by atoms with E-state index < -0.39 is 0 Å². The average molecular weight is 364 g/mol. The predicted octanol–water partition coefficient (Wildman–Crippen LogP) is 3.65. The van der Waals surface area contributed by atoms with E-state index in [1.165, 1.54) is 7.11 Å². The van der Waals surface area contributed by atoms with Gasteiger partial charge in [-0.25, -0.2) is 4.98 Å². The van der Waals surface area contributed by atoms with E-state index in [1.807, 2.05) is 0 Å². The highest BCUT2D eigenvalue weighted by Crippen LogP contribution is 2.31. The van der Waals surface area contributed by atoms with Gasteiger partial charge < -0.3 is 9.72 Å². The molecule has 2 rings (SSSR count). The van der Waals surface area contributed by atoms with E-state index in [-0.39, 0.29) is 12.2 Å². The molecule has 0 saturated carbocycles. The molecule has 0 aliphatic carbocycles. The molecule has 0 spiro atoms. The first-order chi connectivity index (χ1) is 9.04. The molecule has 0 amide bonds. The Kier molecular flexibility index (Phi) is 4.62. The number of ether oxygens (including phenoxy) is 1. The van der Waals surface area contributed by atoms with Crippen molar-refractivity contribution in [2.24, 2.45) is 0 Å². The molecule has 7 heteroatoms. The van der Waals surface area contributed by atoms with Crippen molar-refractivity contribution in [3.05, 3.63) is 48.8 Å². The van der Waals surface area contributed by atoms with E-state index in [0.29, 0.717) is 31.6 Å². The number of nitrogens with one attached hydrogen (secondary N) is 1. The van der Waals surface area contributed by atoms with Gasteiger partial charge in [-0.1, -0.05) is 29.3 Å². The Labute approximate surface area is 127 Å². The van der Waals surface area contributed by atoms with Crippen LogP contribution < -0.4 is 5.56 Å². The number of hydrogen-bond acceptors (Lipinski definition) is 3. The summed E-state index contributed by atoms with van der Waals surface area (Å²) < 4.78 is 5.35. The summed E-state index contributed by atoms with van der Waals surface area (Å²) in [5, 5.41) is 0.746. The van der Waals surface area contributed by atoms with Crippen LogP contribution >= 0.6 is 39.1 Å². The van der Waals surface area contributed by atoms with Gasteiger partial charge >= 0.3 is 0 Å². The Hall–Kier alpha value is -0.880. The number of methoxy groups -OCH3 is 1. The second kappa shape index (κ2) is 6.05. The molecular formula is C12H9BrCl2N2O2. The number of hydrogen-bond donors (Lipinski definition) is 1. The van der Waals surface area contributed by atoms with Crippen molar-refractivity contribution >= 4 is 39.1 Å². The summed E-state index contributed by atoms with van der Waals surface area (Å²) >= 11 is 15.2. The fourth-order valence-electron chi connectivity index (χ4n) is 1.55. The van der Waals surface area contributed by atoms with E-state index in [1.54, 1.807) is 18.2 Å². The van der Waals surface area contributed by atoms with Gasteiger partial charge in [0, 0.05) is 12.7 Å². The van der Waals surface area contributed by atoms with E-state index >= 15 is 0 Å². The fraction of sp³-hybridized carbons (Fsp3) is 0.167. The number of halogens is 3. The van der Waals surface area contributed by atoms with Crippen LogP contribution in [0, 0.1) is 0 Å². The molecule has 0 fully saturated rings. The second-order valence-corrected chi connectivity index (χ2v) is 5.29. The van der Waals surface area contributed by atoms with Gasteiger partial charge in [-0.3, -0.25) is 4.79 Å². The van der Waals surface area contributed by atoms with Gasteiger partial charge in [0.2, 0.25) is 0 Å². The highest BCUT2D eigenvalue weighted by molar-refractivity contribution is 9.10. The Morgan fingerprint density at radius 3 is 2.84 bits per heavy atom. The number of rotatable bonds is 3. The van der Waals surface area contributed by atoms with Crippen LogP contribution in [0.5, 0.6) is 0 Å². The number of benzene rings is 1. The fourth-order valence-corrected chi connectivity index (χ4v) is 2.24. The van der Waals surface area contributed by atoms with Crippen molar-refractivity contribution in [1.82, 2.24) is 9.97 Å². The van der Waals surface area contributed by atoms with Crippen LogP contribution in [0.3, 0.4) is 0 Å². The van der Waals surface area contributed by atoms with Crippen molar-refractivity contribution in [1.29, 1.82) is 0 Å². The number of aromatic nitrogens is 2. The first-order valence-electron chi connectivity index (χ1n) is 5.26. The monoisotopic (exact) mass is 362 g/mol. The van der Waals surface area contributed by atoms with Gasteiger partial charge in [-0.2, -0.15) is 0 Å². The van der Waals surface area contributed by atoms with Crippen LogP contribution in [0.25, 0.3) is 11.4 Å². The van der Waals surface area contributed by atoms with Gasteiger partial charge in [-0.05, 0) is 28.1 Å². The van der Waals surface area contributed by atoms with Crippen molar-refractivity contribution in [2.75, 3.05) is 7.11 Å². The second-order valence-electron chi connectivity index (χ2n) is 3.71. The first kappa shape index (κ1) is 14.5. The normalized spacial score (nSPS) is 10.7. The maximum Gasteiger partial charge on any atom is 0.265 e. The Morgan fingerprint density at radius 2 is 2.16 bits per heavy atom. The summed E-state index contributed by atoms with van der Waals surface area (Å²) in [7, 11) is 1.53. The third-order valence-electron chi connectivity index (χ3n) is 2.42. The maximum atomic E-state index is 11.8. The van der Waals surface area contributed by atoms with Crippen LogP contribution in [0.1, 0.15) is 5.69 Å². The third-order valence-corrected chi connectivity index (χ3v) is 4.06. The van der Waals surface area contributed by atoms with E-state index in [9.17, 15) is 4.79 Å². The van der Waals surface area contributed by atoms with Crippen LogP contribution in [0.4, 0.5) is 0 Å². The Bertz CT molecular complexity index is 673. The highest BCUT2D eigenvalue weighted by Gasteiger charge is 2.13. The van der Waals surface area contributed by atoms with Gasteiger partial charge in [-0.15, -0.1) is 0 Å². The van der Waals surface area contributed by atoms with Crippen LogP contribution in [-0.4, -0.2) is 17.1 Å². The first-order valence-corrected chi connectivity index (χ1v) is 6.81. The number of nitrogens with zero attached hydrogens (tertiary/aromatic N) is 1. The van der Waals surface area contributed by atoms with Gasteiger partial charge in [0.1, 0.15) is 10.3 Å². The molecule has 4 nitrogen and oxygen atoms in total. The third kappa shape index (κ3) is 3.00. The van der Waals surface area contributed by atoms with Crippen LogP contribution in [0.15, 0.2) is 27.5 Å². The summed E-state index contributed by atoms with van der Waals surface area (Å²) in [5.74, 6) is 0.354. The molecule has 0 saturated heterocycles. The summed E-state index contributed by atoms with van der Waals surface area (Å²) in [5.41, 5.74) is 0.765. The predicted molar refractivity (Wildman–Crippen MR) is 78.7 cm³/mol. The zero-order chi connectivity index (χ0) is 14.0. The van der Waals surface area contributed by atoms with Gasteiger partial charge in [0.15, 0.2) is 0 Å². The number of H-pyrrole nitrogens is 1. The largest absolute Gasteiger partial charge is 0.378 e. The molecule has 1 N–H and O–H groups in total. The number of aromatic amines is 1. The molecule has 2 aromatic rings. The molecule has 100 valence electrons. The quantitative estimate of drug-likeness (QED) is 0.905. The Morgan fingerprint density at radius 1 is 1.42 bits per heavy atom. The standard InChI is InChI=1S/C12H9BrCl2N2O2/c1-19-5-8-9(13)12(18)17-11(16-8)6-3-2-4-7(14)10(6)15/h2-4H,5H2,1H3,(H,16,17,18). The molecule has 0 aliphatic heterocycles. The maximum absolute atomic E-state index is 11.8. The summed E-state index contributed by atoms with van der Waals surface area (Å²) in [6.07, 6.45) is 0. The van der Waals surface area contributed by atoms with Crippen molar-refractivity contribution in [3.63, 3.8) is 0 Å². The van der Waals surface area contributed by atoms with Crippen LogP contribution in [-0.2, 0) is 11.3 Å². The molecule has 1 heterocycles. The van der Waals surface area contributed by atoms with E-state index in [4.69, 9.17) is 27.9 Å². The van der Waals surface area contributed by atoms with Crippen LogP contribution in [0.2, 0.25) is 10.0 Å². The Balaban J connectivity index is 2.63. The highest BCUT2D eigenvalue weighted by atomic mass is 79.9. The SMILES string of the molecule is COCc1nc(-c2cccc(Cl)c2Cl)[nH]c(=O)c1Br. The minimum Gasteiger partial charge on any atom is -0.378 e. The molecule has 0 unspecified atom stereocenters. The van der Waals surface area contributed by atoms with Gasteiger partial charge in [0.25, 0.3) is 5.56 Å². The lowest BCUT2D eigenvalue weighted by Gasteiger charge is -2.08. The molecule has 0 radical (unpaired) electrons. The zero-order valence-corrected chi connectivity index (χ0v) is 12.9. The lowest BCUT2D eigenvalue weighted by molar-refractivity contribution is 0.180. The van der Waals surface area contributed by atoms with Crippen molar-refractivity contribution in [3.8, 4) is 11.4 Å². The molecule has 0 aliphatic rings. The lowest BCUT2D eigenvalue weighted by Crippen LogP contribution is -2.14. The molecule has 0 bridgehead atoms. The van der Waals surface area contributed by atoms with Crippen molar-refractivity contribution in [2.45, 2.75) is 6.61 Å². The summed E-state index contributed by atoms with van der Waals surface area (Å²) in [6, 6.07) is 5.14. The minimum atomic E-state index is -0.298. The van der Waals surface area contributed by atoms with Gasteiger partial charge in [0.05, 0.1) is 22.3 Å². The van der Waals surface area contributed by atoms with E-state index in [2.05, 4.69) is 25.9 Å². The summed E-state index contributed by atoms with van der Waals surface area (Å²) in [4.78, 5) is 18.8. The zero-order valence-electron chi connectivity index (χ0n) is 9.84. The average Bonchev–Trinajstić information content (AvgIpc) is 2.38. The molecule has 1 aromatic carbocycles. The molecule has 0 atom stereocenters. The lowest BCUT2D eigenvalue weighted by atomic mass is 10.2. The topological polar surface area (TPSA) is 55.0 Å². The minimum absolute atomic E-state index is 0.218. The van der Waals surface area contributed by atoms with Crippen molar-refractivity contribution < 1.29 is 4.74 Å².